The first-order valence-corrected chi connectivity index (χ1v) is 10.5. The van der Waals surface area contributed by atoms with Crippen molar-refractivity contribution < 1.29 is 9.59 Å². The largest absolute Gasteiger partial charge is 0.294 e. The van der Waals surface area contributed by atoms with Crippen molar-refractivity contribution in [2.24, 2.45) is 10.8 Å². The van der Waals surface area contributed by atoms with E-state index in [0.29, 0.717) is 0 Å². The first-order valence-electron chi connectivity index (χ1n) is 9.34. The first-order chi connectivity index (χ1) is 12.5. The molecule has 0 amide bonds. The highest BCUT2D eigenvalue weighted by Crippen LogP contribution is 2.24. The molecule has 0 aliphatic heterocycles. The second-order valence-electron chi connectivity index (χ2n) is 9.04. The Morgan fingerprint density at radius 3 is 1.19 bits per heavy atom. The summed E-state index contributed by atoms with van der Waals surface area (Å²) in [5.74, 6) is 2.14. The third kappa shape index (κ3) is 6.07. The van der Waals surface area contributed by atoms with E-state index in [0.717, 1.165) is 22.6 Å². The summed E-state index contributed by atoms with van der Waals surface area (Å²) in [6.45, 7) is 11.7. The van der Waals surface area contributed by atoms with Gasteiger partial charge in [-0.3, -0.25) is 9.59 Å². The summed E-state index contributed by atoms with van der Waals surface area (Å²) < 4.78 is 0. The molecule has 0 aromatic heterocycles. The molecule has 0 radical (unpaired) electrons. The minimum atomic E-state index is -0.350. The topological polar surface area (TPSA) is 34.1 Å². The quantitative estimate of drug-likeness (QED) is 0.529. The Hall–Kier alpha value is -1.87. The number of Topliss-reactive ketones (excluding diaryl/α,β-unsaturated/α-hetero) is 2. The number of carbonyl (C=O) groups is 2. The van der Waals surface area contributed by atoms with Gasteiger partial charge < -0.3 is 0 Å². The summed E-state index contributed by atoms with van der Waals surface area (Å²) in [7, 11) is 0. The molecule has 27 heavy (non-hydrogen) atoms. The number of benzene rings is 2. The number of carbonyl (C=O) groups excluding carboxylic acids is 2. The fourth-order valence-corrected chi connectivity index (χ4v) is 3.62. The molecular weight excluding hydrogens is 352 g/mol. The van der Waals surface area contributed by atoms with Crippen molar-refractivity contribution >= 4 is 23.3 Å². The van der Waals surface area contributed by atoms with Gasteiger partial charge in [-0.05, 0) is 11.1 Å². The van der Waals surface area contributed by atoms with Gasteiger partial charge in [-0.2, -0.15) is 11.8 Å². The molecule has 2 aromatic carbocycles. The third-order valence-electron chi connectivity index (χ3n) is 4.33. The molecule has 0 spiro atoms. The fourth-order valence-electron chi connectivity index (χ4n) is 2.66. The maximum Gasteiger partial charge on any atom is 0.168 e. The van der Waals surface area contributed by atoms with Crippen LogP contribution in [0.4, 0.5) is 0 Å². The molecule has 2 nitrogen and oxygen atoms in total. The number of thioether (sulfide) groups is 1. The predicted octanol–water partition coefficient (Wildman–Crippen LogP) is 6.58. The molecule has 0 unspecified atom stereocenters. The van der Waals surface area contributed by atoms with E-state index in [2.05, 4.69) is 0 Å². The van der Waals surface area contributed by atoms with Crippen LogP contribution in [0.2, 0.25) is 0 Å². The number of rotatable bonds is 6. The highest BCUT2D eigenvalue weighted by Gasteiger charge is 2.23. The molecule has 0 N–H and O–H groups in total. The van der Waals surface area contributed by atoms with Crippen molar-refractivity contribution in [3.63, 3.8) is 0 Å². The molecule has 3 heteroatoms. The highest BCUT2D eigenvalue weighted by molar-refractivity contribution is 7.97. The number of hydrogen-bond acceptors (Lipinski definition) is 3. The zero-order chi connectivity index (χ0) is 20.2. The Labute approximate surface area is 167 Å². The number of hydrogen-bond donors (Lipinski definition) is 0. The van der Waals surface area contributed by atoms with Gasteiger partial charge in [-0.15, -0.1) is 0 Å². The molecule has 2 aromatic rings. The van der Waals surface area contributed by atoms with Gasteiger partial charge in [0.1, 0.15) is 0 Å². The van der Waals surface area contributed by atoms with Crippen LogP contribution in [0.3, 0.4) is 0 Å². The molecule has 0 aliphatic rings. The average Bonchev–Trinajstić information content (AvgIpc) is 2.60. The molecule has 2 rings (SSSR count). The molecule has 144 valence electrons. The molecule has 0 aliphatic carbocycles. The Morgan fingerprint density at radius 2 is 0.926 bits per heavy atom. The molecule has 0 fully saturated rings. The van der Waals surface area contributed by atoms with Gasteiger partial charge in [-0.1, -0.05) is 90.1 Å². The zero-order valence-corrected chi connectivity index (χ0v) is 18.1. The maximum absolute atomic E-state index is 12.3. The Kier molecular flexibility index (Phi) is 6.69. The normalized spacial score (nSPS) is 12.1. The van der Waals surface area contributed by atoms with Gasteiger partial charge in [0.15, 0.2) is 11.6 Å². The van der Waals surface area contributed by atoms with Gasteiger partial charge in [-0.25, -0.2) is 0 Å². The van der Waals surface area contributed by atoms with Crippen molar-refractivity contribution in [1.29, 1.82) is 0 Å². The lowest BCUT2D eigenvalue weighted by Crippen LogP contribution is -2.20. The Balaban J connectivity index is 1.89. The van der Waals surface area contributed by atoms with Crippen molar-refractivity contribution in [3.8, 4) is 0 Å². The highest BCUT2D eigenvalue weighted by atomic mass is 32.2. The SMILES string of the molecule is CC(C)(C)C(=O)c1ccc(CSCc2ccc(C(=O)C(C)(C)C)cc2)cc1. The number of ketones is 2. The van der Waals surface area contributed by atoms with Crippen molar-refractivity contribution in [2.45, 2.75) is 53.0 Å². The van der Waals surface area contributed by atoms with E-state index in [1.807, 2.05) is 102 Å². The van der Waals surface area contributed by atoms with Crippen LogP contribution < -0.4 is 0 Å². The van der Waals surface area contributed by atoms with E-state index < -0.39 is 0 Å². The molecule has 0 atom stereocenters. The van der Waals surface area contributed by atoms with Gasteiger partial charge in [0.25, 0.3) is 0 Å². The summed E-state index contributed by atoms with van der Waals surface area (Å²) >= 11 is 1.83. The second-order valence-corrected chi connectivity index (χ2v) is 10.0. The van der Waals surface area contributed by atoms with Crippen LogP contribution in [0.15, 0.2) is 48.5 Å². The van der Waals surface area contributed by atoms with Crippen LogP contribution in [-0.4, -0.2) is 11.6 Å². The summed E-state index contributed by atoms with van der Waals surface area (Å²) in [5, 5.41) is 0. The molecule has 0 saturated heterocycles. The van der Waals surface area contributed by atoms with Crippen LogP contribution >= 0.6 is 11.8 Å². The minimum absolute atomic E-state index is 0.173. The van der Waals surface area contributed by atoms with Crippen molar-refractivity contribution in [3.05, 3.63) is 70.8 Å². The van der Waals surface area contributed by atoms with Crippen LogP contribution in [0.25, 0.3) is 0 Å². The van der Waals surface area contributed by atoms with E-state index in [4.69, 9.17) is 0 Å². The maximum atomic E-state index is 12.3. The Bertz CT molecular complexity index is 719. The van der Waals surface area contributed by atoms with Gasteiger partial charge >= 0.3 is 0 Å². The smallest absolute Gasteiger partial charge is 0.168 e. The fraction of sp³-hybridized carbons (Fsp3) is 0.417. The van der Waals surface area contributed by atoms with Crippen LogP contribution in [-0.2, 0) is 11.5 Å². The first kappa shape index (κ1) is 21.4. The molecule has 0 bridgehead atoms. The standard InChI is InChI=1S/C24H30O2S/c1-23(2,3)21(25)19-11-7-17(8-12-19)15-27-16-18-9-13-20(14-10-18)22(26)24(4,5)6/h7-14H,15-16H2,1-6H3. The molecule has 0 heterocycles. The summed E-state index contributed by atoms with van der Waals surface area (Å²) in [4.78, 5) is 24.6. The Morgan fingerprint density at radius 1 is 0.630 bits per heavy atom. The monoisotopic (exact) mass is 382 g/mol. The van der Waals surface area contributed by atoms with Gasteiger partial charge in [0.05, 0.1) is 0 Å². The summed E-state index contributed by atoms with van der Waals surface area (Å²) in [6, 6.07) is 15.9. The lowest BCUT2D eigenvalue weighted by molar-refractivity contribution is 0.0852. The summed E-state index contributed by atoms with van der Waals surface area (Å²) in [6.07, 6.45) is 0. The predicted molar refractivity (Wildman–Crippen MR) is 115 cm³/mol. The molecule has 0 saturated carbocycles. The average molecular weight is 383 g/mol. The van der Waals surface area contributed by atoms with Crippen LogP contribution in [0, 0.1) is 10.8 Å². The lowest BCUT2D eigenvalue weighted by Gasteiger charge is -2.17. The van der Waals surface area contributed by atoms with Gasteiger partial charge in [0.2, 0.25) is 0 Å². The summed E-state index contributed by atoms with van der Waals surface area (Å²) in [5.41, 5.74) is 3.27. The van der Waals surface area contributed by atoms with E-state index in [-0.39, 0.29) is 22.4 Å². The van der Waals surface area contributed by atoms with E-state index in [1.54, 1.807) is 0 Å². The van der Waals surface area contributed by atoms with E-state index in [9.17, 15) is 9.59 Å². The van der Waals surface area contributed by atoms with Crippen LogP contribution in [0.1, 0.15) is 73.4 Å². The van der Waals surface area contributed by atoms with Crippen molar-refractivity contribution in [2.75, 3.05) is 0 Å². The van der Waals surface area contributed by atoms with Crippen LogP contribution in [0.5, 0.6) is 0 Å². The second kappa shape index (κ2) is 8.43. The molecular formula is C24H30O2S. The van der Waals surface area contributed by atoms with Crippen molar-refractivity contribution in [1.82, 2.24) is 0 Å². The van der Waals surface area contributed by atoms with Gasteiger partial charge in [0, 0.05) is 33.5 Å². The van der Waals surface area contributed by atoms with E-state index in [1.165, 1.54) is 11.1 Å². The lowest BCUT2D eigenvalue weighted by atomic mass is 9.86. The zero-order valence-electron chi connectivity index (χ0n) is 17.3. The third-order valence-corrected chi connectivity index (χ3v) is 5.41. The van der Waals surface area contributed by atoms with E-state index >= 15 is 0 Å². The minimum Gasteiger partial charge on any atom is -0.294 e.